The number of nitrogens with zero attached hydrogens (tertiary/aromatic N) is 1. The maximum atomic E-state index is 13.3. The standard InChI is InChI=1S/C31H24F6N2O3/c32-30(33,34)23-18-22(19-24(20-23)31(35,36)37)28(40)38-16-7-17-39(29(41)21-8-3-1-4-9-21)25-12-14-27(15-13-25)42-26-10-5-2-6-11-26/h1-6,8-15,18-20H,7,16-17H2,(H,38,40). The topological polar surface area (TPSA) is 58.6 Å². The maximum Gasteiger partial charge on any atom is 0.416 e. The van der Waals surface area contributed by atoms with Gasteiger partial charge in [-0.25, -0.2) is 0 Å². The third-order valence-electron chi connectivity index (χ3n) is 6.09. The van der Waals surface area contributed by atoms with Crippen molar-refractivity contribution in [2.75, 3.05) is 18.0 Å². The lowest BCUT2D eigenvalue weighted by Crippen LogP contribution is -2.34. The predicted octanol–water partition coefficient (Wildman–Crippen LogP) is 7.98. The zero-order chi connectivity index (χ0) is 30.3. The van der Waals surface area contributed by atoms with Gasteiger partial charge in [0.05, 0.1) is 11.1 Å². The number of carbonyl (C=O) groups is 2. The van der Waals surface area contributed by atoms with E-state index in [1.54, 1.807) is 66.7 Å². The number of anilines is 1. The summed E-state index contributed by atoms with van der Waals surface area (Å²) >= 11 is 0. The Hall–Kier alpha value is -4.80. The van der Waals surface area contributed by atoms with Gasteiger partial charge in [0, 0.05) is 29.9 Å². The number of hydrogen-bond acceptors (Lipinski definition) is 3. The minimum Gasteiger partial charge on any atom is -0.457 e. The van der Waals surface area contributed by atoms with Gasteiger partial charge in [0.15, 0.2) is 0 Å². The molecule has 0 aromatic heterocycles. The lowest BCUT2D eigenvalue weighted by molar-refractivity contribution is -0.143. The van der Waals surface area contributed by atoms with Crippen molar-refractivity contribution in [2.45, 2.75) is 18.8 Å². The van der Waals surface area contributed by atoms with E-state index in [1.165, 1.54) is 4.90 Å². The Kier molecular flexibility index (Phi) is 9.19. The van der Waals surface area contributed by atoms with Gasteiger partial charge in [-0.2, -0.15) is 26.3 Å². The second-order valence-corrected chi connectivity index (χ2v) is 9.14. The molecular formula is C31H24F6N2O3. The number of hydrogen-bond donors (Lipinski definition) is 1. The first-order chi connectivity index (χ1) is 19.9. The van der Waals surface area contributed by atoms with E-state index in [9.17, 15) is 35.9 Å². The van der Waals surface area contributed by atoms with Gasteiger partial charge in [0.2, 0.25) is 0 Å². The van der Waals surface area contributed by atoms with Gasteiger partial charge in [-0.05, 0) is 73.2 Å². The van der Waals surface area contributed by atoms with Crippen molar-refractivity contribution in [2.24, 2.45) is 0 Å². The summed E-state index contributed by atoms with van der Waals surface area (Å²) in [5, 5.41) is 2.35. The Morgan fingerprint density at radius 2 is 1.19 bits per heavy atom. The minimum absolute atomic E-state index is 0.0417. The lowest BCUT2D eigenvalue weighted by atomic mass is 10.0. The number of alkyl halides is 6. The number of carbonyl (C=O) groups excluding carboxylic acids is 2. The molecule has 0 saturated carbocycles. The summed E-state index contributed by atoms with van der Waals surface area (Å²) in [6, 6.07) is 24.9. The average molecular weight is 587 g/mol. The molecule has 4 aromatic carbocycles. The molecule has 4 aromatic rings. The molecule has 1 N–H and O–H groups in total. The summed E-state index contributed by atoms with van der Waals surface area (Å²) in [7, 11) is 0. The van der Waals surface area contributed by atoms with E-state index >= 15 is 0 Å². The minimum atomic E-state index is -5.07. The Morgan fingerprint density at radius 3 is 1.74 bits per heavy atom. The van der Waals surface area contributed by atoms with Crippen molar-refractivity contribution in [3.8, 4) is 11.5 Å². The van der Waals surface area contributed by atoms with Crippen molar-refractivity contribution in [1.82, 2.24) is 5.32 Å². The van der Waals surface area contributed by atoms with Crippen LogP contribution in [-0.2, 0) is 12.4 Å². The molecule has 0 unspecified atom stereocenters. The van der Waals surface area contributed by atoms with Crippen LogP contribution in [0.2, 0.25) is 0 Å². The van der Waals surface area contributed by atoms with Crippen LogP contribution in [0.1, 0.15) is 38.3 Å². The quantitative estimate of drug-likeness (QED) is 0.160. The van der Waals surface area contributed by atoms with Gasteiger partial charge in [0.25, 0.3) is 11.8 Å². The zero-order valence-electron chi connectivity index (χ0n) is 21.9. The SMILES string of the molecule is O=C(NCCCN(C(=O)c1ccccc1)c1ccc(Oc2ccccc2)cc1)c1cc(C(F)(F)F)cc(C(F)(F)F)c1. The highest BCUT2D eigenvalue weighted by molar-refractivity contribution is 6.06. The molecule has 4 rings (SSSR count). The second-order valence-electron chi connectivity index (χ2n) is 9.14. The van der Waals surface area contributed by atoms with E-state index < -0.39 is 35.0 Å². The number of benzene rings is 4. The number of para-hydroxylation sites is 1. The zero-order valence-corrected chi connectivity index (χ0v) is 21.9. The van der Waals surface area contributed by atoms with Crippen molar-refractivity contribution >= 4 is 17.5 Å². The highest BCUT2D eigenvalue weighted by Gasteiger charge is 2.37. The van der Waals surface area contributed by atoms with Gasteiger partial charge >= 0.3 is 12.4 Å². The second kappa shape index (κ2) is 12.8. The highest BCUT2D eigenvalue weighted by atomic mass is 19.4. The third kappa shape index (κ3) is 7.90. The Morgan fingerprint density at radius 1 is 0.667 bits per heavy atom. The molecule has 0 bridgehead atoms. The maximum absolute atomic E-state index is 13.3. The summed E-state index contributed by atoms with van der Waals surface area (Å²) in [4.78, 5) is 27.3. The molecule has 0 aliphatic carbocycles. The molecule has 218 valence electrons. The van der Waals surface area contributed by atoms with Crippen molar-refractivity contribution < 1.29 is 40.7 Å². The molecular weight excluding hydrogens is 562 g/mol. The van der Waals surface area contributed by atoms with E-state index in [0.717, 1.165) is 0 Å². The first-order valence-electron chi connectivity index (χ1n) is 12.7. The van der Waals surface area contributed by atoms with Crippen LogP contribution < -0.4 is 15.0 Å². The summed E-state index contributed by atoms with van der Waals surface area (Å²) in [6.07, 6.45) is -10.00. The molecule has 0 aliphatic heterocycles. The number of nitrogens with one attached hydrogen (secondary N) is 1. The molecule has 2 amide bonds. The van der Waals surface area contributed by atoms with Crippen LogP contribution in [0.4, 0.5) is 32.0 Å². The van der Waals surface area contributed by atoms with Crippen LogP contribution >= 0.6 is 0 Å². The third-order valence-corrected chi connectivity index (χ3v) is 6.09. The Labute approximate surface area is 237 Å². The van der Waals surface area contributed by atoms with E-state index in [1.807, 2.05) is 18.2 Å². The number of rotatable bonds is 9. The largest absolute Gasteiger partial charge is 0.457 e. The fourth-order valence-electron chi connectivity index (χ4n) is 4.03. The van der Waals surface area contributed by atoms with Crippen molar-refractivity contribution in [3.05, 3.63) is 125 Å². The fraction of sp³-hybridized carbons (Fsp3) is 0.161. The predicted molar refractivity (Wildman–Crippen MR) is 144 cm³/mol. The fourth-order valence-corrected chi connectivity index (χ4v) is 4.03. The van der Waals surface area contributed by atoms with Gasteiger partial charge in [-0.15, -0.1) is 0 Å². The van der Waals surface area contributed by atoms with Crippen molar-refractivity contribution in [1.29, 1.82) is 0 Å². The molecule has 0 heterocycles. The molecule has 0 saturated heterocycles. The smallest absolute Gasteiger partial charge is 0.416 e. The van der Waals surface area contributed by atoms with Crippen molar-refractivity contribution in [3.63, 3.8) is 0 Å². The van der Waals surface area contributed by atoms with Crippen LogP contribution in [0.25, 0.3) is 0 Å². The summed E-state index contributed by atoms with van der Waals surface area (Å²) in [5.74, 6) is -0.286. The van der Waals surface area contributed by atoms with E-state index in [2.05, 4.69) is 5.32 Å². The molecule has 11 heteroatoms. The molecule has 0 atom stereocenters. The van der Waals surface area contributed by atoms with Crippen LogP contribution in [0, 0.1) is 0 Å². The van der Waals surface area contributed by atoms with E-state index in [4.69, 9.17) is 4.74 Å². The van der Waals surface area contributed by atoms with Gasteiger partial charge in [-0.1, -0.05) is 36.4 Å². The molecule has 5 nitrogen and oxygen atoms in total. The lowest BCUT2D eigenvalue weighted by Gasteiger charge is -2.23. The van der Waals surface area contributed by atoms with E-state index in [0.29, 0.717) is 34.9 Å². The molecule has 0 radical (unpaired) electrons. The van der Waals surface area contributed by atoms with Crippen LogP contribution in [-0.4, -0.2) is 24.9 Å². The molecule has 0 fully saturated rings. The highest BCUT2D eigenvalue weighted by Crippen LogP contribution is 2.36. The number of ether oxygens (including phenoxy) is 1. The number of amides is 2. The normalized spacial score (nSPS) is 11.6. The molecule has 0 aliphatic rings. The van der Waals surface area contributed by atoms with Gasteiger partial charge in [0.1, 0.15) is 11.5 Å². The Balaban J connectivity index is 1.46. The van der Waals surface area contributed by atoms with E-state index in [-0.39, 0.29) is 31.5 Å². The first kappa shape index (κ1) is 30.2. The summed E-state index contributed by atoms with van der Waals surface area (Å²) in [6.45, 7) is -0.0342. The van der Waals surface area contributed by atoms with Gasteiger partial charge in [-0.3, -0.25) is 9.59 Å². The molecule has 0 spiro atoms. The van der Waals surface area contributed by atoms with Crippen LogP contribution in [0.3, 0.4) is 0 Å². The summed E-state index contributed by atoms with van der Waals surface area (Å²) < 4.78 is 84.8. The summed E-state index contributed by atoms with van der Waals surface area (Å²) in [5.41, 5.74) is -3.02. The number of halogens is 6. The first-order valence-corrected chi connectivity index (χ1v) is 12.7. The van der Waals surface area contributed by atoms with Gasteiger partial charge < -0.3 is 15.0 Å². The monoisotopic (exact) mass is 586 g/mol. The average Bonchev–Trinajstić information content (AvgIpc) is 2.97. The molecule has 42 heavy (non-hydrogen) atoms. The Bertz CT molecular complexity index is 1470. The van der Waals surface area contributed by atoms with Crippen LogP contribution in [0.5, 0.6) is 11.5 Å². The van der Waals surface area contributed by atoms with Crippen LogP contribution in [0.15, 0.2) is 103 Å².